The van der Waals surface area contributed by atoms with Crippen molar-refractivity contribution < 1.29 is 9.47 Å². The molecule has 0 saturated carbocycles. The van der Waals surface area contributed by atoms with E-state index in [-0.39, 0.29) is 0 Å². The second kappa shape index (κ2) is 4.68. The topological polar surface area (TPSA) is 31.4 Å². The lowest BCUT2D eigenvalue weighted by atomic mass is 10.5. The fraction of sp³-hybridized carbons (Fsp3) is 0.375. The second-order valence-corrected chi connectivity index (χ2v) is 1.96. The van der Waals surface area contributed by atoms with Crippen molar-refractivity contribution in [3.05, 3.63) is 24.5 Å². The Morgan fingerprint density at radius 1 is 1.55 bits per heavy atom. The summed E-state index contributed by atoms with van der Waals surface area (Å²) in [4.78, 5) is 3.77. The highest BCUT2D eigenvalue weighted by Gasteiger charge is 1.89. The summed E-state index contributed by atoms with van der Waals surface area (Å²) >= 11 is 0. The van der Waals surface area contributed by atoms with Gasteiger partial charge >= 0.3 is 0 Å². The molecule has 0 bridgehead atoms. The number of pyridine rings is 1. The number of methoxy groups -OCH3 is 1. The normalized spacial score (nSPS) is 9.55. The van der Waals surface area contributed by atoms with Gasteiger partial charge in [0.15, 0.2) is 0 Å². The molecule has 0 unspecified atom stereocenters. The van der Waals surface area contributed by atoms with Gasteiger partial charge in [-0.1, -0.05) is 0 Å². The van der Waals surface area contributed by atoms with Gasteiger partial charge in [-0.25, -0.2) is 0 Å². The molecule has 0 aromatic carbocycles. The molecule has 0 atom stereocenters. The molecule has 0 N–H and O–H groups in total. The summed E-state index contributed by atoms with van der Waals surface area (Å²) in [7, 11) is 1.64. The molecule has 1 rings (SSSR count). The van der Waals surface area contributed by atoms with Crippen LogP contribution in [0.5, 0.6) is 5.75 Å². The summed E-state index contributed by atoms with van der Waals surface area (Å²) in [5, 5.41) is 0. The summed E-state index contributed by atoms with van der Waals surface area (Å²) in [6, 6.07) is 3.52. The van der Waals surface area contributed by atoms with E-state index in [1.807, 2.05) is 6.07 Å². The number of ether oxygens (including phenoxy) is 2. The Hall–Kier alpha value is -1.09. The molecule has 11 heavy (non-hydrogen) atoms. The van der Waals surface area contributed by atoms with Gasteiger partial charge < -0.3 is 9.47 Å². The molecule has 0 fully saturated rings. The maximum absolute atomic E-state index is 5.24. The fourth-order valence-corrected chi connectivity index (χ4v) is 0.635. The lowest BCUT2D eigenvalue weighted by Crippen LogP contribution is -2.04. The third-order valence-corrected chi connectivity index (χ3v) is 1.14. The fourth-order valence-electron chi connectivity index (χ4n) is 0.635. The summed E-state index contributed by atoms with van der Waals surface area (Å²) in [6.07, 6.45) is 4.28. The van der Waals surface area contributed by atoms with Crippen molar-refractivity contribution in [2.24, 2.45) is 0 Å². The Kier molecular flexibility index (Phi) is 3.41. The molecule has 0 aliphatic carbocycles. The Morgan fingerprint density at radius 3 is 3.09 bits per heavy atom. The van der Waals surface area contributed by atoms with Gasteiger partial charge in [0.05, 0.1) is 19.0 Å². The molecule has 59 valence electrons. The zero-order valence-corrected chi connectivity index (χ0v) is 6.41. The van der Waals surface area contributed by atoms with E-state index >= 15 is 0 Å². The predicted molar refractivity (Wildman–Crippen MR) is 40.4 cm³/mol. The van der Waals surface area contributed by atoms with E-state index in [4.69, 9.17) is 9.47 Å². The Labute approximate surface area is 66.0 Å². The molecular formula is C8H10NO2. The first-order valence-electron chi connectivity index (χ1n) is 3.37. The van der Waals surface area contributed by atoms with Gasteiger partial charge in [0.25, 0.3) is 0 Å². The average molecular weight is 152 g/mol. The van der Waals surface area contributed by atoms with Gasteiger partial charge in [0, 0.05) is 7.11 Å². The van der Waals surface area contributed by atoms with Crippen LogP contribution in [-0.2, 0) is 4.74 Å². The van der Waals surface area contributed by atoms with Crippen LogP contribution in [0.25, 0.3) is 0 Å². The zero-order valence-electron chi connectivity index (χ0n) is 6.41. The molecule has 0 aliphatic heterocycles. The summed E-state index contributed by atoms with van der Waals surface area (Å²) in [6.45, 7) is 1.15. The minimum atomic E-state index is 0.558. The van der Waals surface area contributed by atoms with Crippen LogP contribution in [0, 0.1) is 6.20 Å². The third kappa shape index (κ3) is 3.00. The third-order valence-electron chi connectivity index (χ3n) is 1.14. The first kappa shape index (κ1) is 8.01. The highest BCUT2D eigenvalue weighted by atomic mass is 16.5. The van der Waals surface area contributed by atoms with Crippen molar-refractivity contribution in [2.75, 3.05) is 20.3 Å². The van der Waals surface area contributed by atoms with Crippen LogP contribution in [-0.4, -0.2) is 25.3 Å². The molecule has 0 amide bonds. The zero-order chi connectivity index (χ0) is 7.94. The van der Waals surface area contributed by atoms with E-state index in [0.717, 1.165) is 5.75 Å². The van der Waals surface area contributed by atoms with Crippen molar-refractivity contribution >= 4 is 0 Å². The van der Waals surface area contributed by atoms with Crippen LogP contribution >= 0.6 is 0 Å². The lowest BCUT2D eigenvalue weighted by molar-refractivity contribution is 0.146. The number of hydrogen-bond acceptors (Lipinski definition) is 3. The first-order valence-corrected chi connectivity index (χ1v) is 3.37. The van der Waals surface area contributed by atoms with Gasteiger partial charge in [0.1, 0.15) is 12.4 Å². The van der Waals surface area contributed by atoms with Crippen molar-refractivity contribution in [1.29, 1.82) is 0 Å². The van der Waals surface area contributed by atoms with Crippen molar-refractivity contribution in [3.8, 4) is 5.75 Å². The van der Waals surface area contributed by atoms with Crippen LogP contribution in [0.15, 0.2) is 18.3 Å². The van der Waals surface area contributed by atoms with E-state index in [1.165, 1.54) is 0 Å². The van der Waals surface area contributed by atoms with E-state index in [9.17, 15) is 0 Å². The number of nitrogens with zero attached hydrogens (tertiary/aromatic N) is 1. The standard InChI is InChI=1S/C8H10NO2/c1-10-5-6-11-8-3-2-4-9-7-8/h2-3,7H,5-6H2,1H3. The molecule has 0 aliphatic rings. The first-order chi connectivity index (χ1) is 5.43. The Morgan fingerprint density at radius 2 is 2.45 bits per heavy atom. The van der Waals surface area contributed by atoms with Crippen molar-refractivity contribution in [2.45, 2.75) is 0 Å². The molecule has 0 saturated heterocycles. The van der Waals surface area contributed by atoms with Gasteiger partial charge in [-0.3, -0.25) is 4.98 Å². The molecule has 1 radical (unpaired) electrons. The summed E-state index contributed by atoms with van der Waals surface area (Å²) in [5.41, 5.74) is 0. The lowest BCUT2D eigenvalue weighted by Gasteiger charge is -2.02. The largest absolute Gasteiger partial charge is 0.490 e. The number of hydrogen-bond donors (Lipinski definition) is 0. The van der Waals surface area contributed by atoms with E-state index in [0.29, 0.717) is 13.2 Å². The maximum atomic E-state index is 5.24. The molecule has 1 aromatic heterocycles. The van der Waals surface area contributed by atoms with E-state index in [2.05, 4.69) is 11.2 Å². The average Bonchev–Trinajstić information content (AvgIpc) is 2.07. The van der Waals surface area contributed by atoms with E-state index in [1.54, 1.807) is 19.4 Å². The molecule has 1 aromatic rings. The van der Waals surface area contributed by atoms with E-state index < -0.39 is 0 Å². The van der Waals surface area contributed by atoms with Crippen LogP contribution in [0.4, 0.5) is 0 Å². The molecule has 0 spiro atoms. The van der Waals surface area contributed by atoms with Gasteiger partial charge in [-0.05, 0) is 12.1 Å². The Balaban J connectivity index is 2.28. The summed E-state index contributed by atoms with van der Waals surface area (Å²) in [5.74, 6) is 0.751. The van der Waals surface area contributed by atoms with Crippen molar-refractivity contribution in [3.63, 3.8) is 0 Å². The quantitative estimate of drug-likeness (QED) is 0.601. The van der Waals surface area contributed by atoms with Gasteiger partial charge in [-0.2, -0.15) is 0 Å². The molecular weight excluding hydrogens is 142 g/mol. The monoisotopic (exact) mass is 152 g/mol. The van der Waals surface area contributed by atoms with Gasteiger partial charge in [0.2, 0.25) is 0 Å². The van der Waals surface area contributed by atoms with Crippen LogP contribution in [0.3, 0.4) is 0 Å². The minimum absolute atomic E-state index is 0.558. The molecule has 3 heteroatoms. The molecule has 3 nitrogen and oxygen atoms in total. The Bertz CT molecular complexity index is 189. The van der Waals surface area contributed by atoms with Gasteiger partial charge in [-0.15, -0.1) is 0 Å². The SMILES string of the molecule is COCCOc1cc[c]nc1. The highest BCUT2D eigenvalue weighted by molar-refractivity contribution is 5.14. The molecule has 1 heterocycles. The van der Waals surface area contributed by atoms with Crippen molar-refractivity contribution in [1.82, 2.24) is 4.98 Å². The van der Waals surface area contributed by atoms with Crippen LogP contribution < -0.4 is 4.74 Å². The second-order valence-electron chi connectivity index (χ2n) is 1.96. The maximum Gasteiger partial charge on any atom is 0.137 e. The van der Waals surface area contributed by atoms with Crippen LogP contribution in [0.1, 0.15) is 0 Å². The predicted octanol–water partition coefficient (Wildman–Crippen LogP) is 0.907. The number of aromatic nitrogens is 1. The minimum Gasteiger partial charge on any atom is -0.490 e. The number of rotatable bonds is 4. The highest BCUT2D eigenvalue weighted by Crippen LogP contribution is 2.04. The summed E-state index contributed by atoms with van der Waals surface area (Å²) < 4.78 is 10.0. The smallest absolute Gasteiger partial charge is 0.137 e. The van der Waals surface area contributed by atoms with Crippen LogP contribution in [0.2, 0.25) is 0 Å².